The van der Waals surface area contributed by atoms with Gasteiger partial charge in [0.2, 0.25) is 0 Å². The van der Waals surface area contributed by atoms with E-state index < -0.39 is 0 Å². The number of aryl methyl sites for hydroxylation is 1. The summed E-state index contributed by atoms with van der Waals surface area (Å²) in [6, 6.07) is 9.71. The van der Waals surface area contributed by atoms with Crippen LogP contribution in [0.25, 0.3) is 11.4 Å². The highest BCUT2D eigenvalue weighted by Crippen LogP contribution is 2.31. The monoisotopic (exact) mass is 468 g/mol. The van der Waals surface area contributed by atoms with Crippen LogP contribution in [0.15, 0.2) is 46.5 Å². The second kappa shape index (κ2) is 10.7. The first-order valence-electron chi connectivity index (χ1n) is 10.0. The Morgan fingerprint density at radius 1 is 1.22 bits per heavy atom. The smallest absolute Gasteiger partial charge is 0.163 e. The van der Waals surface area contributed by atoms with Crippen molar-refractivity contribution >= 4 is 47.6 Å². The Bertz CT molecular complexity index is 1120. The molecule has 2 aromatic heterocycles. The quantitative estimate of drug-likeness (QED) is 0.180. The van der Waals surface area contributed by atoms with Crippen LogP contribution in [0.2, 0.25) is 0 Å². The van der Waals surface area contributed by atoms with Crippen molar-refractivity contribution < 1.29 is 0 Å². The summed E-state index contributed by atoms with van der Waals surface area (Å²) in [4.78, 5) is 16.3. The van der Waals surface area contributed by atoms with Gasteiger partial charge in [-0.15, -0.1) is 12.6 Å². The van der Waals surface area contributed by atoms with Crippen molar-refractivity contribution in [2.75, 3.05) is 43.0 Å². The van der Waals surface area contributed by atoms with Gasteiger partial charge in [-0.1, -0.05) is 0 Å². The third kappa shape index (κ3) is 6.12. The number of nitrogen functional groups attached to an aromatic ring is 1. The molecule has 10 heteroatoms. The second-order valence-corrected chi connectivity index (χ2v) is 8.93. The summed E-state index contributed by atoms with van der Waals surface area (Å²) in [7, 11) is 4.00. The summed E-state index contributed by atoms with van der Waals surface area (Å²) in [5.41, 5.74) is 9.84. The minimum absolute atomic E-state index is 0.277. The number of nitrogens with zero attached hydrogens (tertiary/aromatic N) is 4. The highest BCUT2D eigenvalue weighted by molar-refractivity contribution is 8.00. The number of pyridine rings is 1. The maximum absolute atomic E-state index is 8.07. The first kappa shape index (κ1) is 23.8. The van der Waals surface area contributed by atoms with Gasteiger partial charge in [-0.3, -0.25) is 0 Å². The lowest BCUT2D eigenvalue weighted by Crippen LogP contribution is -2.22. The van der Waals surface area contributed by atoms with Gasteiger partial charge in [-0.05, 0) is 63.8 Å². The summed E-state index contributed by atoms with van der Waals surface area (Å²) in [5.74, 6) is 1.32. The van der Waals surface area contributed by atoms with Crippen LogP contribution in [0.4, 0.5) is 17.3 Å². The van der Waals surface area contributed by atoms with Gasteiger partial charge in [0.15, 0.2) is 5.82 Å². The molecule has 0 atom stereocenters. The molecule has 3 aromatic rings. The first-order valence-corrected chi connectivity index (χ1v) is 11.3. The number of hydrogen-bond acceptors (Lipinski definition) is 10. The van der Waals surface area contributed by atoms with Gasteiger partial charge in [-0.25, -0.2) is 15.0 Å². The van der Waals surface area contributed by atoms with Gasteiger partial charge in [-0.2, -0.15) is 0 Å². The van der Waals surface area contributed by atoms with Crippen LogP contribution < -0.4 is 15.8 Å². The average Bonchev–Trinajstić information content (AvgIpc) is 2.72. The number of hydrogen-bond donors (Lipinski definition) is 5. The lowest BCUT2D eigenvalue weighted by molar-refractivity contribution is 0.425. The third-order valence-electron chi connectivity index (χ3n) is 4.58. The fraction of sp³-hybridized carbons (Fsp3) is 0.273. The second-order valence-electron chi connectivity index (χ2n) is 7.62. The average molecular weight is 469 g/mol. The Labute approximate surface area is 198 Å². The Hall–Kier alpha value is -2.82. The van der Waals surface area contributed by atoms with E-state index in [1.165, 1.54) is 11.9 Å². The van der Waals surface area contributed by atoms with E-state index in [9.17, 15) is 0 Å². The Morgan fingerprint density at radius 3 is 2.66 bits per heavy atom. The topological polar surface area (TPSA) is 116 Å². The number of nitrogens with one attached hydrogen (secondary N) is 3. The number of benzene rings is 1. The third-order valence-corrected chi connectivity index (χ3v) is 5.70. The highest BCUT2D eigenvalue weighted by atomic mass is 32.2. The van der Waals surface area contributed by atoms with E-state index in [1.54, 1.807) is 13.1 Å². The van der Waals surface area contributed by atoms with E-state index in [-0.39, 0.29) is 5.82 Å². The van der Waals surface area contributed by atoms with E-state index in [0.717, 1.165) is 33.3 Å². The van der Waals surface area contributed by atoms with Crippen molar-refractivity contribution in [3.63, 3.8) is 0 Å². The molecule has 5 N–H and O–H groups in total. The van der Waals surface area contributed by atoms with Crippen LogP contribution in [0.1, 0.15) is 18.1 Å². The molecule has 2 heterocycles. The zero-order valence-electron chi connectivity index (χ0n) is 18.6. The normalized spacial score (nSPS) is 10.9. The molecule has 0 fully saturated rings. The van der Waals surface area contributed by atoms with E-state index in [1.807, 2.05) is 51.4 Å². The summed E-state index contributed by atoms with van der Waals surface area (Å²) in [6.07, 6.45) is 1.79. The largest absolute Gasteiger partial charge is 0.383 e. The van der Waals surface area contributed by atoms with Crippen LogP contribution in [0.5, 0.6) is 0 Å². The van der Waals surface area contributed by atoms with Crippen LogP contribution >= 0.6 is 24.6 Å². The predicted octanol–water partition coefficient (Wildman–Crippen LogP) is 4.20. The number of rotatable bonds is 9. The van der Waals surface area contributed by atoms with E-state index in [2.05, 4.69) is 42.5 Å². The molecular weight excluding hydrogens is 440 g/mol. The lowest BCUT2D eigenvalue weighted by atomic mass is 10.1. The molecule has 3 rings (SSSR count). The van der Waals surface area contributed by atoms with Crippen molar-refractivity contribution in [1.82, 2.24) is 19.9 Å². The Morgan fingerprint density at radius 2 is 2.00 bits per heavy atom. The number of nitrogens with two attached hydrogens (primary N) is 1. The zero-order valence-corrected chi connectivity index (χ0v) is 20.3. The zero-order chi connectivity index (χ0) is 23.3. The lowest BCUT2D eigenvalue weighted by Gasteiger charge is -2.16. The van der Waals surface area contributed by atoms with Crippen molar-refractivity contribution in [1.29, 1.82) is 5.41 Å². The molecule has 0 spiro atoms. The molecule has 0 unspecified atom stereocenters. The summed E-state index contributed by atoms with van der Waals surface area (Å²) < 4.78 is 3.29. The number of aromatic nitrogens is 3. The molecule has 0 saturated heterocycles. The predicted molar refractivity (Wildman–Crippen MR) is 137 cm³/mol. The fourth-order valence-corrected chi connectivity index (χ4v) is 4.03. The summed E-state index contributed by atoms with van der Waals surface area (Å²) >= 11 is 6.06. The van der Waals surface area contributed by atoms with E-state index in [0.29, 0.717) is 29.5 Å². The van der Waals surface area contributed by atoms with Gasteiger partial charge >= 0.3 is 0 Å². The van der Waals surface area contributed by atoms with Crippen LogP contribution in [0.3, 0.4) is 0 Å². The van der Waals surface area contributed by atoms with Gasteiger partial charge in [0, 0.05) is 47.4 Å². The van der Waals surface area contributed by atoms with Crippen molar-refractivity contribution in [2.45, 2.75) is 23.8 Å². The molecule has 32 heavy (non-hydrogen) atoms. The van der Waals surface area contributed by atoms with Crippen LogP contribution in [-0.2, 0) is 0 Å². The van der Waals surface area contributed by atoms with Crippen LogP contribution in [0, 0.1) is 12.3 Å². The fourth-order valence-electron chi connectivity index (χ4n) is 2.93. The molecule has 8 nitrogen and oxygen atoms in total. The molecule has 0 aliphatic heterocycles. The maximum Gasteiger partial charge on any atom is 0.163 e. The SMILES string of the molecule is CC(=N)c1c(N)nc(-c2ccc(NSc3cc(C)ccn3)c(S)c2)nc1NCCN(C)C. The van der Waals surface area contributed by atoms with Crippen molar-refractivity contribution in [3.05, 3.63) is 47.7 Å². The number of likely N-dealkylation sites (N-methyl/N-ethyl adjacent to an activating group) is 1. The standard InChI is InChI=1S/C22H28N8S2/c1-13-7-8-25-18(11-13)32-29-16-6-5-15(12-17(16)31)21-27-20(24)19(14(2)23)22(28-21)26-9-10-30(3)4/h5-8,11-12,23,29,31H,9-10H2,1-4H3,(H3,24,26,27,28). The molecule has 0 radical (unpaired) electrons. The van der Waals surface area contributed by atoms with Gasteiger partial charge in [0.05, 0.1) is 11.3 Å². The molecule has 1 aromatic carbocycles. The minimum Gasteiger partial charge on any atom is -0.383 e. The highest BCUT2D eigenvalue weighted by Gasteiger charge is 2.16. The summed E-state index contributed by atoms with van der Waals surface area (Å²) in [5, 5.41) is 12.2. The molecule has 168 valence electrons. The van der Waals surface area contributed by atoms with Gasteiger partial charge in [0.25, 0.3) is 0 Å². The Balaban J connectivity index is 1.84. The van der Waals surface area contributed by atoms with Gasteiger partial charge < -0.3 is 26.1 Å². The molecule has 0 saturated carbocycles. The van der Waals surface area contributed by atoms with Crippen molar-refractivity contribution in [3.8, 4) is 11.4 Å². The number of anilines is 3. The summed E-state index contributed by atoms with van der Waals surface area (Å²) in [6.45, 7) is 5.21. The first-order chi connectivity index (χ1) is 15.2. The molecule has 0 aliphatic rings. The maximum atomic E-state index is 8.07. The van der Waals surface area contributed by atoms with Crippen LogP contribution in [-0.4, -0.2) is 52.7 Å². The molecular formula is C22H28N8S2. The number of thiol groups is 1. The Kier molecular flexibility index (Phi) is 7.94. The molecule has 0 aliphatic carbocycles. The molecule has 0 amide bonds. The molecule has 0 bridgehead atoms. The minimum atomic E-state index is 0.277. The van der Waals surface area contributed by atoms with E-state index in [4.69, 9.17) is 11.1 Å². The van der Waals surface area contributed by atoms with Gasteiger partial charge in [0.1, 0.15) is 16.7 Å². The van der Waals surface area contributed by atoms with E-state index >= 15 is 0 Å². The van der Waals surface area contributed by atoms with Crippen molar-refractivity contribution in [2.24, 2.45) is 0 Å².